The summed E-state index contributed by atoms with van der Waals surface area (Å²) in [6, 6.07) is 14.7. The molecule has 0 bridgehead atoms. The van der Waals surface area contributed by atoms with Crippen molar-refractivity contribution in [2.75, 3.05) is 14.2 Å². The summed E-state index contributed by atoms with van der Waals surface area (Å²) in [5.41, 5.74) is 3.24. The molecule has 2 amide bonds. The maximum Gasteiger partial charge on any atom is 0.269 e. The number of benzene rings is 2. The van der Waals surface area contributed by atoms with Gasteiger partial charge in [-0.3, -0.25) is 14.6 Å². The molecule has 1 unspecified atom stereocenters. The van der Waals surface area contributed by atoms with E-state index in [0.29, 0.717) is 40.7 Å². The number of aryl methyl sites for hydroxylation is 1. The number of methoxy groups -OCH3 is 1. The molecule has 5 rings (SSSR count). The minimum atomic E-state index is -0.270. The minimum Gasteiger partial charge on any atom is -0.493 e. The van der Waals surface area contributed by atoms with Gasteiger partial charge in [0.25, 0.3) is 11.8 Å². The van der Waals surface area contributed by atoms with Crippen molar-refractivity contribution >= 4 is 11.8 Å². The van der Waals surface area contributed by atoms with E-state index in [-0.39, 0.29) is 24.0 Å². The summed E-state index contributed by atoms with van der Waals surface area (Å²) >= 11 is 0. The van der Waals surface area contributed by atoms with Gasteiger partial charge >= 0.3 is 0 Å². The van der Waals surface area contributed by atoms with Crippen LogP contribution >= 0.6 is 0 Å². The molecule has 1 heterocycles. The first kappa shape index (κ1) is 25.6. The highest BCUT2D eigenvalue weighted by Gasteiger charge is 2.23. The summed E-state index contributed by atoms with van der Waals surface area (Å²) < 4.78 is 17.7. The molecular formula is C30H33N3O5. The predicted octanol–water partition coefficient (Wildman–Crippen LogP) is 4.85. The summed E-state index contributed by atoms with van der Waals surface area (Å²) in [5, 5.41) is 5.77. The third-order valence-electron chi connectivity index (χ3n) is 7.19. The van der Waals surface area contributed by atoms with Gasteiger partial charge in [-0.05, 0) is 92.5 Å². The van der Waals surface area contributed by atoms with E-state index < -0.39 is 0 Å². The van der Waals surface area contributed by atoms with Crippen LogP contribution in [-0.4, -0.2) is 43.1 Å². The third kappa shape index (κ3) is 5.90. The van der Waals surface area contributed by atoms with E-state index in [9.17, 15) is 9.59 Å². The van der Waals surface area contributed by atoms with E-state index in [1.165, 1.54) is 18.4 Å². The molecule has 2 aliphatic carbocycles. The maximum absolute atomic E-state index is 13.2. The Labute approximate surface area is 222 Å². The number of carbonyl (C=O) groups excluding carboxylic acids is 2. The lowest BCUT2D eigenvalue weighted by atomic mass is 9.88. The molecule has 0 saturated heterocycles. The molecule has 1 aromatic heterocycles. The lowest BCUT2D eigenvalue weighted by molar-refractivity contribution is 0.0930. The van der Waals surface area contributed by atoms with Crippen molar-refractivity contribution in [1.29, 1.82) is 0 Å². The predicted molar refractivity (Wildman–Crippen MR) is 143 cm³/mol. The second-order valence-corrected chi connectivity index (χ2v) is 9.79. The van der Waals surface area contributed by atoms with Crippen molar-refractivity contribution in [2.45, 2.75) is 57.1 Å². The highest BCUT2D eigenvalue weighted by Crippen LogP contribution is 2.33. The Bertz CT molecular complexity index is 1320. The molecule has 198 valence electrons. The smallest absolute Gasteiger partial charge is 0.269 e. The first-order valence-corrected chi connectivity index (χ1v) is 13.2. The van der Waals surface area contributed by atoms with E-state index in [1.54, 1.807) is 50.7 Å². The average molecular weight is 516 g/mol. The molecule has 1 saturated carbocycles. The van der Waals surface area contributed by atoms with Gasteiger partial charge in [-0.1, -0.05) is 6.07 Å². The van der Waals surface area contributed by atoms with E-state index in [4.69, 9.17) is 14.2 Å². The molecule has 8 nitrogen and oxygen atoms in total. The molecule has 0 aliphatic heterocycles. The quantitative estimate of drug-likeness (QED) is 0.445. The summed E-state index contributed by atoms with van der Waals surface area (Å²) in [7, 11) is 3.18. The maximum atomic E-state index is 13.2. The lowest BCUT2D eigenvalue weighted by Gasteiger charge is -2.26. The van der Waals surface area contributed by atoms with Gasteiger partial charge < -0.3 is 24.8 Å². The second-order valence-electron chi connectivity index (χ2n) is 9.79. The van der Waals surface area contributed by atoms with Gasteiger partial charge in [-0.2, -0.15) is 0 Å². The number of fused-ring (bicyclic) bond motifs is 1. The SMILES string of the molecule is CNC(=O)c1cc(Oc2ccc3c(c2)CC(NC(=O)c2ccc(OC)c(OC4CCCC4)c2)CC3)ccn1. The summed E-state index contributed by atoms with van der Waals surface area (Å²) in [5.74, 6) is 2.09. The van der Waals surface area contributed by atoms with Crippen molar-refractivity contribution in [3.05, 3.63) is 77.1 Å². The van der Waals surface area contributed by atoms with Gasteiger partial charge in [0.1, 0.15) is 17.2 Å². The minimum absolute atomic E-state index is 0.00679. The van der Waals surface area contributed by atoms with Crippen LogP contribution < -0.4 is 24.8 Å². The number of hydrogen-bond donors (Lipinski definition) is 2. The zero-order valence-corrected chi connectivity index (χ0v) is 21.8. The van der Waals surface area contributed by atoms with Gasteiger partial charge in [0.2, 0.25) is 0 Å². The van der Waals surface area contributed by atoms with Crippen LogP contribution in [0.15, 0.2) is 54.7 Å². The summed E-state index contributed by atoms with van der Waals surface area (Å²) in [6.07, 6.45) is 8.57. The van der Waals surface area contributed by atoms with Crippen LogP contribution in [0.5, 0.6) is 23.0 Å². The standard InChI is InChI=1S/C30H33N3O5/c1-31-30(35)26-18-25(13-14-32-26)37-24-11-8-19-7-10-22(15-21(19)16-24)33-29(34)20-9-12-27(36-2)28(17-20)38-23-5-3-4-6-23/h8-9,11-14,16-18,22-23H,3-7,10,15H2,1-2H3,(H,31,35)(H,33,34). The van der Waals surface area contributed by atoms with Crippen molar-refractivity contribution in [1.82, 2.24) is 15.6 Å². The molecule has 2 aliphatic rings. The van der Waals surface area contributed by atoms with Crippen molar-refractivity contribution < 1.29 is 23.8 Å². The number of ether oxygens (including phenoxy) is 3. The summed E-state index contributed by atoms with van der Waals surface area (Å²) in [4.78, 5) is 29.1. The molecule has 38 heavy (non-hydrogen) atoms. The largest absolute Gasteiger partial charge is 0.493 e. The Morgan fingerprint density at radius 1 is 0.895 bits per heavy atom. The fourth-order valence-corrected chi connectivity index (χ4v) is 5.15. The van der Waals surface area contributed by atoms with Crippen LogP contribution in [0, 0.1) is 0 Å². The van der Waals surface area contributed by atoms with E-state index in [1.807, 2.05) is 12.1 Å². The highest BCUT2D eigenvalue weighted by atomic mass is 16.5. The van der Waals surface area contributed by atoms with Gasteiger partial charge in [-0.15, -0.1) is 0 Å². The molecule has 0 spiro atoms. The number of nitrogens with one attached hydrogen (secondary N) is 2. The molecule has 1 fully saturated rings. The Morgan fingerprint density at radius 2 is 1.71 bits per heavy atom. The van der Waals surface area contributed by atoms with Gasteiger partial charge in [0, 0.05) is 30.9 Å². The first-order chi connectivity index (χ1) is 18.5. The van der Waals surface area contributed by atoms with Gasteiger partial charge in [0.05, 0.1) is 13.2 Å². The number of amides is 2. The van der Waals surface area contributed by atoms with E-state index in [2.05, 4.69) is 21.7 Å². The Balaban J connectivity index is 1.25. The van der Waals surface area contributed by atoms with Crippen LogP contribution in [0.4, 0.5) is 0 Å². The van der Waals surface area contributed by atoms with Crippen LogP contribution in [0.2, 0.25) is 0 Å². The number of nitrogens with zero attached hydrogens (tertiary/aromatic N) is 1. The molecular weight excluding hydrogens is 482 g/mol. The second kappa shape index (κ2) is 11.5. The number of rotatable bonds is 8. The number of hydrogen-bond acceptors (Lipinski definition) is 6. The summed E-state index contributed by atoms with van der Waals surface area (Å²) in [6.45, 7) is 0. The Kier molecular flexibility index (Phi) is 7.77. The lowest BCUT2D eigenvalue weighted by Crippen LogP contribution is -2.38. The van der Waals surface area contributed by atoms with Crippen molar-refractivity contribution in [3.63, 3.8) is 0 Å². The molecule has 3 aromatic rings. The van der Waals surface area contributed by atoms with E-state index >= 15 is 0 Å². The number of pyridine rings is 1. The average Bonchev–Trinajstić information content (AvgIpc) is 3.45. The highest BCUT2D eigenvalue weighted by molar-refractivity contribution is 5.95. The Morgan fingerprint density at radius 3 is 2.50 bits per heavy atom. The molecule has 2 N–H and O–H groups in total. The van der Waals surface area contributed by atoms with E-state index in [0.717, 1.165) is 31.2 Å². The van der Waals surface area contributed by atoms with Crippen molar-refractivity contribution in [3.8, 4) is 23.0 Å². The molecule has 2 aromatic carbocycles. The monoisotopic (exact) mass is 515 g/mol. The zero-order chi connectivity index (χ0) is 26.5. The van der Waals surface area contributed by atoms with Crippen LogP contribution in [-0.2, 0) is 12.8 Å². The van der Waals surface area contributed by atoms with Crippen LogP contribution in [0.1, 0.15) is 64.1 Å². The van der Waals surface area contributed by atoms with Crippen molar-refractivity contribution in [2.24, 2.45) is 0 Å². The third-order valence-corrected chi connectivity index (χ3v) is 7.19. The number of aromatic nitrogens is 1. The fraction of sp³-hybridized carbons (Fsp3) is 0.367. The van der Waals surface area contributed by atoms with Crippen LogP contribution in [0.3, 0.4) is 0 Å². The first-order valence-electron chi connectivity index (χ1n) is 13.2. The van der Waals surface area contributed by atoms with Crippen LogP contribution in [0.25, 0.3) is 0 Å². The molecule has 8 heteroatoms. The normalized spacial score (nSPS) is 16.8. The molecule has 0 radical (unpaired) electrons. The molecule has 1 atom stereocenters. The topological polar surface area (TPSA) is 98.8 Å². The Hall–Kier alpha value is -4.07. The zero-order valence-electron chi connectivity index (χ0n) is 21.8. The fourth-order valence-electron chi connectivity index (χ4n) is 5.15. The van der Waals surface area contributed by atoms with Gasteiger partial charge in [-0.25, -0.2) is 0 Å². The van der Waals surface area contributed by atoms with Gasteiger partial charge in [0.15, 0.2) is 11.5 Å². The number of carbonyl (C=O) groups is 2.